The van der Waals surface area contributed by atoms with Crippen LogP contribution in [0.2, 0.25) is 0 Å². The third-order valence-electron chi connectivity index (χ3n) is 3.97. The average Bonchev–Trinajstić information content (AvgIpc) is 2.52. The van der Waals surface area contributed by atoms with Crippen molar-refractivity contribution in [1.82, 2.24) is 4.90 Å². The molecule has 0 aromatic heterocycles. The molecule has 5 heteroatoms. The molecule has 4 nitrogen and oxygen atoms in total. The lowest BCUT2D eigenvalue weighted by molar-refractivity contribution is -0.133. The van der Waals surface area contributed by atoms with Gasteiger partial charge in [0.2, 0.25) is 5.91 Å². The van der Waals surface area contributed by atoms with E-state index in [1.165, 1.54) is 13.2 Å². The summed E-state index contributed by atoms with van der Waals surface area (Å²) in [6.45, 7) is 1.52. The van der Waals surface area contributed by atoms with Crippen molar-refractivity contribution in [3.05, 3.63) is 29.6 Å². The van der Waals surface area contributed by atoms with Gasteiger partial charge in [0.05, 0.1) is 7.11 Å². The van der Waals surface area contributed by atoms with Crippen LogP contribution in [-0.4, -0.2) is 42.7 Å². The summed E-state index contributed by atoms with van der Waals surface area (Å²) in [4.78, 5) is 14.0. The van der Waals surface area contributed by atoms with Gasteiger partial charge in [-0.25, -0.2) is 4.39 Å². The van der Waals surface area contributed by atoms with Crippen LogP contribution in [0.1, 0.15) is 24.8 Å². The molecule has 1 fully saturated rings. The average molecular weight is 295 g/mol. The van der Waals surface area contributed by atoms with Crippen LogP contribution in [0, 0.1) is 11.7 Å². The molecule has 0 saturated carbocycles. The van der Waals surface area contributed by atoms with Crippen LogP contribution in [0.5, 0.6) is 5.75 Å². The minimum absolute atomic E-state index is 0.0735. The number of nitrogens with zero attached hydrogens (tertiary/aromatic N) is 1. The number of aryl methyl sites for hydroxylation is 1. The number of hydrogen-bond donors (Lipinski definition) is 1. The van der Waals surface area contributed by atoms with E-state index in [0.29, 0.717) is 19.4 Å². The summed E-state index contributed by atoms with van der Waals surface area (Å²) in [5.74, 6) is 0.0816. The number of carbonyl (C=O) groups is 1. The fourth-order valence-corrected chi connectivity index (χ4v) is 2.72. The van der Waals surface area contributed by atoms with E-state index in [1.54, 1.807) is 12.1 Å². The first-order valence-corrected chi connectivity index (χ1v) is 7.35. The number of halogens is 1. The van der Waals surface area contributed by atoms with Crippen molar-refractivity contribution in [2.24, 2.45) is 5.92 Å². The highest BCUT2D eigenvalue weighted by atomic mass is 19.1. The highest BCUT2D eigenvalue weighted by Gasteiger charge is 2.22. The fraction of sp³-hybridized carbons (Fsp3) is 0.562. The number of ether oxygens (including phenoxy) is 1. The molecule has 1 unspecified atom stereocenters. The normalized spacial score (nSPS) is 18.6. The maximum absolute atomic E-state index is 13.6. The second kappa shape index (κ2) is 7.41. The van der Waals surface area contributed by atoms with Gasteiger partial charge < -0.3 is 14.7 Å². The minimum Gasteiger partial charge on any atom is -0.494 e. The van der Waals surface area contributed by atoms with E-state index in [9.17, 15) is 14.3 Å². The zero-order chi connectivity index (χ0) is 15.2. The van der Waals surface area contributed by atoms with Gasteiger partial charge in [-0.05, 0) is 42.9 Å². The monoisotopic (exact) mass is 295 g/mol. The molecule has 116 valence electrons. The van der Waals surface area contributed by atoms with Crippen LogP contribution in [0.3, 0.4) is 0 Å². The van der Waals surface area contributed by atoms with Gasteiger partial charge >= 0.3 is 0 Å². The number of likely N-dealkylation sites (tertiary alicyclic amines) is 1. The molecular weight excluding hydrogens is 273 g/mol. The smallest absolute Gasteiger partial charge is 0.222 e. The highest BCUT2D eigenvalue weighted by molar-refractivity contribution is 5.76. The number of amides is 1. The summed E-state index contributed by atoms with van der Waals surface area (Å²) < 4.78 is 18.4. The van der Waals surface area contributed by atoms with Gasteiger partial charge in [0.25, 0.3) is 0 Å². The summed E-state index contributed by atoms with van der Waals surface area (Å²) >= 11 is 0. The SMILES string of the molecule is COc1ccc(CCC(=O)N2CCCC(CO)C2)cc1F. The third kappa shape index (κ3) is 4.17. The van der Waals surface area contributed by atoms with E-state index >= 15 is 0 Å². The number of piperidine rings is 1. The van der Waals surface area contributed by atoms with E-state index in [-0.39, 0.29) is 24.2 Å². The van der Waals surface area contributed by atoms with Crippen LogP contribution in [0.25, 0.3) is 0 Å². The van der Waals surface area contributed by atoms with Gasteiger partial charge in [-0.3, -0.25) is 4.79 Å². The molecule has 0 aliphatic carbocycles. The first-order valence-electron chi connectivity index (χ1n) is 7.35. The Morgan fingerprint density at radius 3 is 3.00 bits per heavy atom. The zero-order valence-corrected chi connectivity index (χ0v) is 12.3. The van der Waals surface area contributed by atoms with Crippen LogP contribution < -0.4 is 4.74 Å². The van der Waals surface area contributed by atoms with E-state index in [0.717, 1.165) is 24.9 Å². The molecule has 21 heavy (non-hydrogen) atoms. The van der Waals surface area contributed by atoms with Gasteiger partial charge in [-0.15, -0.1) is 0 Å². The topological polar surface area (TPSA) is 49.8 Å². The molecule has 1 aliphatic heterocycles. The zero-order valence-electron chi connectivity index (χ0n) is 12.3. The van der Waals surface area contributed by atoms with Crippen LogP contribution in [0.4, 0.5) is 4.39 Å². The molecule has 1 N–H and O–H groups in total. The summed E-state index contributed by atoms with van der Waals surface area (Å²) in [5.41, 5.74) is 0.789. The Bertz CT molecular complexity index is 492. The molecule has 0 radical (unpaired) electrons. The van der Waals surface area contributed by atoms with Crippen LogP contribution in [0.15, 0.2) is 18.2 Å². The van der Waals surface area contributed by atoms with Crippen molar-refractivity contribution in [3.63, 3.8) is 0 Å². The number of aliphatic hydroxyl groups excluding tert-OH is 1. The molecule has 1 aliphatic rings. The lowest BCUT2D eigenvalue weighted by atomic mass is 9.98. The Hall–Kier alpha value is -1.62. The van der Waals surface area contributed by atoms with Crippen molar-refractivity contribution < 1.29 is 19.0 Å². The predicted molar refractivity (Wildman–Crippen MR) is 77.7 cm³/mol. The maximum Gasteiger partial charge on any atom is 0.222 e. The van der Waals surface area contributed by atoms with Crippen molar-refractivity contribution in [1.29, 1.82) is 0 Å². The van der Waals surface area contributed by atoms with Crippen molar-refractivity contribution in [2.45, 2.75) is 25.7 Å². The first kappa shape index (κ1) is 15.8. The Morgan fingerprint density at radius 1 is 1.52 bits per heavy atom. The van der Waals surface area contributed by atoms with Gasteiger partial charge in [0.15, 0.2) is 11.6 Å². The number of benzene rings is 1. The molecule has 2 rings (SSSR count). The summed E-state index contributed by atoms with van der Waals surface area (Å²) in [6, 6.07) is 4.78. The van der Waals surface area contributed by atoms with E-state index in [2.05, 4.69) is 0 Å². The summed E-state index contributed by atoms with van der Waals surface area (Å²) in [7, 11) is 1.43. The Kier molecular flexibility index (Phi) is 5.56. The largest absolute Gasteiger partial charge is 0.494 e. The maximum atomic E-state index is 13.6. The van der Waals surface area contributed by atoms with E-state index in [4.69, 9.17) is 4.74 Å². The Labute approximate surface area is 124 Å². The molecule has 1 atom stereocenters. The Morgan fingerprint density at radius 2 is 2.33 bits per heavy atom. The molecule has 1 aromatic carbocycles. The van der Waals surface area contributed by atoms with Gasteiger partial charge in [0.1, 0.15) is 0 Å². The minimum atomic E-state index is -0.402. The lowest BCUT2D eigenvalue weighted by Gasteiger charge is -2.32. The lowest BCUT2D eigenvalue weighted by Crippen LogP contribution is -2.41. The number of methoxy groups -OCH3 is 1. The number of hydrogen-bond acceptors (Lipinski definition) is 3. The van der Waals surface area contributed by atoms with Gasteiger partial charge in [0, 0.05) is 26.1 Å². The highest BCUT2D eigenvalue weighted by Crippen LogP contribution is 2.20. The molecule has 1 amide bonds. The molecule has 0 bridgehead atoms. The third-order valence-corrected chi connectivity index (χ3v) is 3.97. The van der Waals surface area contributed by atoms with Crippen LogP contribution in [-0.2, 0) is 11.2 Å². The molecule has 1 aromatic rings. The fourth-order valence-electron chi connectivity index (χ4n) is 2.72. The second-order valence-electron chi connectivity index (χ2n) is 5.50. The molecule has 1 heterocycles. The van der Waals surface area contributed by atoms with Gasteiger partial charge in [-0.2, -0.15) is 0 Å². The second-order valence-corrected chi connectivity index (χ2v) is 5.50. The predicted octanol–water partition coefficient (Wildman–Crippen LogP) is 2.00. The molecule has 0 spiro atoms. The van der Waals surface area contributed by atoms with Crippen LogP contribution >= 0.6 is 0 Å². The summed E-state index contributed by atoms with van der Waals surface area (Å²) in [6.07, 6.45) is 2.79. The van der Waals surface area contributed by atoms with E-state index in [1.807, 2.05) is 4.90 Å². The van der Waals surface area contributed by atoms with Crippen molar-refractivity contribution >= 4 is 5.91 Å². The Balaban J connectivity index is 1.87. The summed E-state index contributed by atoms with van der Waals surface area (Å²) in [5, 5.41) is 9.19. The standard InChI is InChI=1S/C16H22FNO3/c1-21-15-6-4-12(9-14(15)17)5-7-16(20)18-8-2-3-13(10-18)11-19/h4,6,9,13,19H,2-3,5,7-8,10-11H2,1H3. The van der Waals surface area contributed by atoms with E-state index < -0.39 is 5.82 Å². The number of carbonyl (C=O) groups excluding carboxylic acids is 1. The molecular formula is C16H22FNO3. The number of rotatable bonds is 5. The van der Waals surface area contributed by atoms with Crippen molar-refractivity contribution in [3.8, 4) is 5.75 Å². The first-order chi connectivity index (χ1) is 10.1. The number of aliphatic hydroxyl groups is 1. The molecule has 1 saturated heterocycles. The quantitative estimate of drug-likeness (QED) is 0.904. The van der Waals surface area contributed by atoms with Crippen molar-refractivity contribution in [2.75, 3.05) is 26.8 Å². The van der Waals surface area contributed by atoms with Gasteiger partial charge in [-0.1, -0.05) is 6.07 Å².